The molecule has 1 atom stereocenters. The normalized spacial score (nSPS) is 22.2. The fourth-order valence-electron chi connectivity index (χ4n) is 4.13. The van der Waals surface area contributed by atoms with Crippen molar-refractivity contribution in [2.75, 3.05) is 13.1 Å². The Balaban J connectivity index is 1.46. The number of hydrogen-bond donors (Lipinski definition) is 1. The predicted molar refractivity (Wildman–Crippen MR) is 96.3 cm³/mol. The van der Waals surface area contributed by atoms with Crippen molar-refractivity contribution in [2.45, 2.75) is 37.1 Å². The van der Waals surface area contributed by atoms with E-state index in [-0.39, 0.29) is 23.3 Å². The molecule has 2 aromatic rings. The van der Waals surface area contributed by atoms with Crippen LogP contribution in [0.4, 0.5) is 0 Å². The Morgan fingerprint density at radius 1 is 1.28 bits per heavy atom. The van der Waals surface area contributed by atoms with E-state index in [0.717, 1.165) is 23.3 Å². The molecule has 2 aliphatic heterocycles. The lowest BCUT2D eigenvalue weighted by Gasteiger charge is -2.43. The highest BCUT2D eigenvalue weighted by Gasteiger charge is 2.49. The fourth-order valence-corrected chi connectivity index (χ4v) is 4.83. The molecule has 1 unspecified atom stereocenters. The van der Waals surface area contributed by atoms with Crippen molar-refractivity contribution >= 4 is 23.2 Å². The number of nitrogens with zero attached hydrogens (tertiary/aromatic N) is 2. The van der Waals surface area contributed by atoms with Gasteiger partial charge in [-0.3, -0.25) is 14.6 Å². The fraction of sp³-hybridized carbons (Fsp3) is 0.421. The Labute approximate surface area is 151 Å². The van der Waals surface area contributed by atoms with Crippen LogP contribution in [0.5, 0.6) is 0 Å². The van der Waals surface area contributed by atoms with Gasteiger partial charge in [0.1, 0.15) is 0 Å². The number of nitrogens with one attached hydrogen (secondary N) is 1. The van der Waals surface area contributed by atoms with Crippen LogP contribution in [0.2, 0.25) is 0 Å². The number of amides is 2. The molecule has 4 heterocycles. The first-order valence-electron chi connectivity index (χ1n) is 8.67. The minimum absolute atomic E-state index is 0.111. The average Bonchev–Trinajstić information content (AvgIpc) is 3.24. The third kappa shape index (κ3) is 3.18. The molecule has 1 spiro atoms. The van der Waals surface area contributed by atoms with Crippen molar-refractivity contribution in [1.29, 1.82) is 0 Å². The Hall–Kier alpha value is -2.21. The van der Waals surface area contributed by atoms with Gasteiger partial charge in [0, 0.05) is 42.7 Å². The van der Waals surface area contributed by atoms with Crippen LogP contribution in [0.15, 0.2) is 42.0 Å². The smallest absolute Gasteiger partial charge is 0.227 e. The van der Waals surface area contributed by atoms with Crippen LogP contribution in [0, 0.1) is 0 Å². The van der Waals surface area contributed by atoms with Crippen LogP contribution in [0.25, 0.3) is 0 Å². The first-order chi connectivity index (χ1) is 12.2. The second-order valence-corrected chi connectivity index (χ2v) is 7.91. The summed E-state index contributed by atoms with van der Waals surface area (Å²) in [5.74, 6) is 0.458. The zero-order valence-corrected chi connectivity index (χ0v) is 14.8. The quantitative estimate of drug-likeness (QED) is 0.919. The summed E-state index contributed by atoms with van der Waals surface area (Å²) in [7, 11) is 0. The summed E-state index contributed by atoms with van der Waals surface area (Å²) < 4.78 is 0. The molecule has 130 valence electrons. The van der Waals surface area contributed by atoms with Gasteiger partial charge in [0.05, 0.1) is 12.0 Å². The summed E-state index contributed by atoms with van der Waals surface area (Å²) in [6.45, 7) is 1.40. The number of likely N-dealkylation sites (tertiary alicyclic amines) is 1. The molecule has 0 aliphatic carbocycles. The molecular weight excluding hydrogens is 334 g/mol. The van der Waals surface area contributed by atoms with E-state index in [1.165, 1.54) is 0 Å². The van der Waals surface area contributed by atoms with Crippen LogP contribution >= 0.6 is 11.3 Å². The molecular formula is C19H21N3O2S. The third-order valence-electron chi connectivity index (χ3n) is 5.47. The average molecular weight is 355 g/mol. The standard InChI is InChI=1S/C19H21N3O2S/c23-17-13-16(14-3-7-20-8-4-14)19(21-17)5-9-22(10-6-19)18(24)12-15-2-1-11-25-15/h1-4,7-8,11,16H,5-6,9-10,12-13H2,(H,21,23). The molecule has 6 heteroatoms. The molecule has 0 radical (unpaired) electrons. The van der Waals surface area contributed by atoms with Crippen molar-refractivity contribution < 1.29 is 9.59 Å². The van der Waals surface area contributed by atoms with Gasteiger partial charge in [0.15, 0.2) is 0 Å². The summed E-state index contributed by atoms with van der Waals surface area (Å²) in [5.41, 5.74) is 0.935. The molecule has 2 aliphatic rings. The molecule has 0 saturated carbocycles. The van der Waals surface area contributed by atoms with Crippen LogP contribution < -0.4 is 5.32 Å². The number of thiophene rings is 1. The van der Waals surface area contributed by atoms with E-state index in [1.807, 2.05) is 34.5 Å². The molecule has 1 N–H and O–H groups in total. The van der Waals surface area contributed by atoms with Gasteiger partial charge in [0.25, 0.3) is 0 Å². The SMILES string of the molecule is O=C1CC(c2ccncc2)C2(CCN(C(=O)Cc3cccs3)CC2)N1. The lowest BCUT2D eigenvalue weighted by atomic mass is 9.74. The first kappa shape index (κ1) is 16.3. The summed E-state index contributed by atoms with van der Waals surface area (Å²) >= 11 is 1.62. The Morgan fingerprint density at radius 2 is 2.04 bits per heavy atom. The van der Waals surface area contributed by atoms with E-state index < -0.39 is 0 Å². The summed E-state index contributed by atoms with van der Waals surface area (Å²) in [6.07, 6.45) is 6.18. The van der Waals surface area contributed by atoms with Gasteiger partial charge < -0.3 is 10.2 Å². The van der Waals surface area contributed by atoms with Crippen molar-refractivity contribution in [3.8, 4) is 0 Å². The number of carbonyl (C=O) groups excluding carboxylic acids is 2. The van der Waals surface area contributed by atoms with E-state index in [4.69, 9.17) is 0 Å². The Kier molecular flexibility index (Phi) is 4.29. The lowest BCUT2D eigenvalue weighted by molar-refractivity contribution is -0.132. The van der Waals surface area contributed by atoms with Crippen LogP contribution in [0.3, 0.4) is 0 Å². The predicted octanol–water partition coefficient (Wildman–Crippen LogP) is 2.35. The monoisotopic (exact) mass is 355 g/mol. The summed E-state index contributed by atoms with van der Waals surface area (Å²) in [5, 5.41) is 5.23. The Bertz CT molecular complexity index is 752. The number of carbonyl (C=O) groups is 2. The molecule has 4 rings (SSSR count). The number of piperidine rings is 1. The highest BCUT2D eigenvalue weighted by Crippen LogP contribution is 2.43. The minimum Gasteiger partial charge on any atom is -0.350 e. The number of aromatic nitrogens is 1. The summed E-state index contributed by atoms with van der Waals surface area (Å²) in [4.78, 5) is 31.8. The van der Waals surface area contributed by atoms with E-state index >= 15 is 0 Å². The Morgan fingerprint density at radius 3 is 2.72 bits per heavy atom. The maximum Gasteiger partial charge on any atom is 0.227 e. The maximum absolute atomic E-state index is 12.5. The van der Waals surface area contributed by atoms with Crippen LogP contribution in [-0.4, -0.2) is 40.3 Å². The van der Waals surface area contributed by atoms with Gasteiger partial charge in [-0.25, -0.2) is 0 Å². The third-order valence-corrected chi connectivity index (χ3v) is 6.34. The van der Waals surface area contributed by atoms with Crippen LogP contribution in [0.1, 0.15) is 35.6 Å². The number of pyridine rings is 1. The van der Waals surface area contributed by atoms with Gasteiger partial charge in [-0.15, -0.1) is 11.3 Å². The van der Waals surface area contributed by atoms with Gasteiger partial charge in [0.2, 0.25) is 11.8 Å². The second-order valence-electron chi connectivity index (χ2n) is 6.88. The first-order valence-corrected chi connectivity index (χ1v) is 9.55. The highest BCUT2D eigenvalue weighted by molar-refractivity contribution is 7.10. The minimum atomic E-state index is -0.224. The van der Waals surface area contributed by atoms with Crippen molar-refractivity contribution in [3.63, 3.8) is 0 Å². The number of rotatable bonds is 3. The van der Waals surface area contributed by atoms with E-state index in [2.05, 4.69) is 10.3 Å². The molecule has 0 aromatic carbocycles. The van der Waals surface area contributed by atoms with Gasteiger partial charge in [-0.1, -0.05) is 6.07 Å². The second kappa shape index (κ2) is 6.59. The van der Waals surface area contributed by atoms with Crippen molar-refractivity contribution in [2.24, 2.45) is 0 Å². The molecule has 2 aromatic heterocycles. The topological polar surface area (TPSA) is 62.3 Å². The largest absolute Gasteiger partial charge is 0.350 e. The molecule has 2 saturated heterocycles. The van der Waals surface area contributed by atoms with Crippen molar-refractivity contribution in [1.82, 2.24) is 15.2 Å². The molecule has 2 fully saturated rings. The molecule has 2 amide bonds. The lowest BCUT2D eigenvalue weighted by Crippen LogP contribution is -2.54. The molecule has 25 heavy (non-hydrogen) atoms. The van der Waals surface area contributed by atoms with Crippen molar-refractivity contribution in [3.05, 3.63) is 52.5 Å². The van der Waals surface area contributed by atoms with Crippen LogP contribution in [-0.2, 0) is 16.0 Å². The van der Waals surface area contributed by atoms with E-state index in [1.54, 1.807) is 23.7 Å². The molecule has 5 nitrogen and oxygen atoms in total. The maximum atomic E-state index is 12.5. The highest BCUT2D eigenvalue weighted by atomic mass is 32.1. The van der Waals surface area contributed by atoms with Gasteiger partial charge in [-0.2, -0.15) is 0 Å². The zero-order valence-electron chi connectivity index (χ0n) is 14.0. The van der Waals surface area contributed by atoms with Gasteiger partial charge >= 0.3 is 0 Å². The summed E-state index contributed by atoms with van der Waals surface area (Å²) in [6, 6.07) is 7.98. The van der Waals surface area contributed by atoms with Gasteiger partial charge in [-0.05, 0) is 42.0 Å². The number of hydrogen-bond acceptors (Lipinski definition) is 4. The molecule has 0 bridgehead atoms. The zero-order chi connectivity index (χ0) is 17.3. The van der Waals surface area contributed by atoms with E-state index in [9.17, 15) is 9.59 Å². The van der Waals surface area contributed by atoms with E-state index in [0.29, 0.717) is 25.9 Å².